The van der Waals surface area contributed by atoms with Gasteiger partial charge >= 0.3 is 0 Å². The summed E-state index contributed by atoms with van der Waals surface area (Å²) in [6.45, 7) is 7.24. The van der Waals surface area contributed by atoms with Crippen LogP contribution in [0.4, 0.5) is 0 Å². The predicted octanol–water partition coefficient (Wildman–Crippen LogP) is 1.34. The molecule has 0 aromatic carbocycles. The van der Waals surface area contributed by atoms with Gasteiger partial charge in [0.2, 0.25) is 0 Å². The van der Waals surface area contributed by atoms with E-state index in [0.29, 0.717) is 6.42 Å². The summed E-state index contributed by atoms with van der Waals surface area (Å²) in [6, 6.07) is 0. The SMILES string of the molecule is C=C(C)CC(O)C#CC. The average molecular weight is 124 g/mol. The van der Waals surface area contributed by atoms with Crippen molar-refractivity contribution in [2.75, 3.05) is 0 Å². The van der Waals surface area contributed by atoms with Crippen LogP contribution in [-0.2, 0) is 0 Å². The Kier molecular flexibility index (Phi) is 3.83. The van der Waals surface area contributed by atoms with Gasteiger partial charge in [-0.2, -0.15) is 0 Å². The smallest absolute Gasteiger partial charge is 0.118 e. The predicted molar refractivity (Wildman–Crippen MR) is 38.9 cm³/mol. The Balaban J connectivity index is 3.59. The van der Waals surface area contributed by atoms with E-state index >= 15 is 0 Å². The van der Waals surface area contributed by atoms with Gasteiger partial charge < -0.3 is 5.11 Å². The Hall–Kier alpha value is -0.740. The fraction of sp³-hybridized carbons (Fsp3) is 0.500. The van der Waals surface area contributed by atoms with Gasteiger partial charge in [0.05, 0.1) is 0 Å². The van der Waals surface area contributed by atoms with E-state index in [-0.39, 0.29) is 0 Å². The van der Waals surface area contributed by atoms with Crippen molar-refractivity contribution in [3.63, 3.8) is 0 Å². The quantitative estimate of drug-likeness (QED) is 0.435. The van der Waals surface area contributed by atoms with Crippen LogP contribution in [0, 0.1) is 11.8 Å². The van der Waals surface area contributed by atoms with Crippen LogP contribution in [-0.4, -0.2) is 11.2 Å². The van der Waals surface area contributed by atoms with E-state index < -0.39 is 6.10 Å². The van der Waals surface area contributed by atoms with E-state index in [1.54, 1.807) is 6.92 Å². The molecule has 0 aromatic heterocycles. The summed E-state index contributed by atoms with van der Waals surface area (Å²) in [4.78, 5) is 0. The van der Waals surface area contributed by atoms with Gasteiger partial charge in [-0.3, -0.25) is 0 Å². The lowest BCUT2D eigenvalue weighted by Crippen LogP contribution is -2.01. The molecule has 50 valence electrons. The minimum Gasteiger partial charge on any atom is -0.380 e. The fourth-order valence-corrected chi connectivity index (χ4v) is 0.548. The summed E-state index contributed by atoms with van der Waals surface area (Å²) in [5.41, 5.74) is 0.963. The fourth-order valence-electron chi connectivity index (χ4n) is 0.548. The third-order valence-electron chi connectivity index (χ3n) is 0.853. The van der Waals surface area contributed by atoms with E-state index in [0.717, 1.165) is 5.57 Å². The molecule has 9 heavy (non-hydrogen) atoms. The molecule has 1 unspecified atom stereocenters. The maximum Gasteiger partial charge on any atom is 0.118 e. The molecule has 0 saturated carbocycles. The molecule has 1 atom stereocenters. The molecule has 0 spiro atoms. The van der Waals surface area contributed by atoms with Crippen LogP contribution >= 0.6 is 0 Å². The first-order valence-electron chi connectivity index (χ1n) is 2.91. The molecule has 0 aliphatic carbocycles. The molecule has 1 nitrogen and oxygen atoms in total. The Morgan fingerprint density at radius 2 is 2.33 bits per heavy atom. The Bertz CT molecular complexity index is 148. The highest BCUT2D eigenvalue weighted by Crippen LogP contribution is 1.99. The zero-order chi connectivity index (χ0) is 7.28. The first-order valence-corrected chi connectivity index (χ1v) is 2.91. The number of hydrogen-bond acceptors (Lipinski definition) is 1. The van der Waals surface area contributed by atoms with Crippen LogP contribution in [0.25, 0.3) is 0 Å². The molecule has 0 rings (SSSR count). The van der Waals surface area contributed by atoms with Crippen LogP contribution in [0.5, 0.6) is 0 Å². The minimum absolute atomic E-state index is 0.521. The van der Waals surface area contributed by atoms with Gasteiger partial charge in [-0.05, 0) is 13.8 Å². The summed E-state index contributed by atoms with van der Waals surface area (Å²) < 4.78 is 0. The summed E-state index contributed by atoms with van der Waals surface area (Å²) in [6.07, 6.45) is 0.0633. The minimum atomic E-state index is -0.521. The second-order valence-electron chi connectivity index (χ2n) is 2.07. The van der Waals surface area contributed by atoms with Crippen molar-refractivity contribution in [3.8, 4) is 11.8 Å². The molecule has 0 heterocycles. The Morgan fingerprint density at radius 1 is 1.78 bits per heavy atom. The molecule has 0 amide bonds. The molecule has 0 radical (unpaired) electrons. The lowest BCUT2D eigenvalue weighted by atomic mass is 10.1. The van der Waals surface area contributed by atoms with Crippen molar-refractivity contribution in [1.29, 1.82) is 0 Å². The molecule has 0 saturated heterocycles. The van der Waals surface area contributed by atoms with Crippen LogP contribution in [0.3, 0.4) is 0 Å². The molecular weight excluding hydrogens is 112 g/mol. The van der Waals surface area contributed by atoms with Crippen molar-refractivity contribution < 1.29 is 5.11 Å². The third kappa shape index (κ3) is 5.13. The van der Waals surface area contributed by atoms with Crippen LogP contribution in [0.2, 0.25) is 0 Å². The van der Waals surface area contributed by atoms with Gasteiger partial charge in [-0.25, -0.2) is 0 Å². The lowest BCUT2D eigenvalue weighted by molar-refractivity contribution is 0.233. The van der Waals surface area contributed by atoms with Crippen molar-refractivity contribution >= 4 is 0 Å². The standard InChI is InChI=1S/C8H12O/c1-4-5-8(9)6-7(2)3/h8-9H,2,6H2,1,3H3. The normalized spacial score (nSPS) is 11.4. The van der Waals surface area contributed by atoms with Crippen LogP contribution in [0.15, 0.2) is 12.2 Å². The Morgan fingerprint density at radius 3 is 2.67 bits per heavy atom. The van der Waals surface area contributed by atoms with E-state index in [1.807, 2.05) is 6.92 Å². The number of rotatable bonds is 2. The summed E-state index contributed by atoms with van der Waals surface area (Å²) in [7, 11) is 0. The van der Waals surface area contributed by atoms with Gasteiger partial charge in [0, 0.05) is 6.42 Å². The summed E-state index contributed by atoms with van der Waals surface area (Å²) in [5, 5.41) is 8.99. The van der Waals surface area contributed by atoms with E-state index in [2.05, 4.69) is 18.4 Å². The molecular formula is C8H12O. The number of aliphatic hydroxyl groups is 1. The molecule has 0 aromatic rings. The summed E-state index contributed by atoms with van der Waals surface area (Å²) in [5.74, 6) is 5.25. The monoisotopic (exact) mass is 124 g/mol. The molecule has 0 aliphatic rings. The summed E-state index contributed by atoms with van der Waals surface area (Å²) >= 11 is 0. The van der Waals surface area contributed by atoms with Gasteiger partial charge in [0.15, 0.2) is 0 Å². The average Bonchev–Trinajstić information content (AvgIpc) is 1.63. The van der Waals surface area contributed by atoms with Gasteiger partial charge in [-0.15, -0.1) is 12.5 Å². The highest BCUT2D eigenvalue weighted by molar-refractivity contribution is 5.06. The molecule has 0 bridgehead atoms. The molecule has 0 aliphatic heterocycles. The molecule has 0 fully saturated rings. The van der Waals surface area contributed by atoms with Crippen molar-refractivity contribution in [3.05, 3.63) is 12.2 Å². The van der Waals surface area contributed by atoms with Gasteiger partial charge in [0.1, 0.15) is 6.10 Å². The lowest BCUT2D eigenvalue weighted by Gasteiger charge is -1.99. The second kappa shape index (κ2) is 4.17. The molecule has 1 heteroatoms. The van der Waals surface area contributed by atoms with Gasteiger partial charge in [-0.1, -0.05) is 11.5 Å². The van der Waals surface area contributed by atoms with E-state index in [4.69, 9.17) is 5.11 Å². The van der Waals surface area contributed by atoms with Crippen LogP contribution in [0.1, 0.15) is 20.3 Å². The highest BCUT2D eigenvalue weighted by Gasteiger charge is 1.96. The zero-order valence-electron chi connectivity index (χ0n) is 5.94. The van der Waals surface area contributed by atoms with E-state index in [1.165, 1.54) is 0 Å². The third-order valence-corrected chi connectivity index (χ3v) is 0.853. The number of aliphatic hydroxyl groups excluding tert-OH is 1. The van der Waals surface area contributed by atoms with Crippen LogP contribution < -0.4 is 0 Å². The maximum atomic E-state index is 8.99. The van der Waals surface area contributed by atoms with Crippen molar-refractivity contribution in [2.24, 2.45) is 0 Å². The largest absolute Gasteiger partial charge is 0.380 e. The van der Waals surface area contributed by atoms with Gasteiger partial charge in [0.25, 0.3) is 0 Å². The maximum absolute atomic E-state index is 8.99. The zero-order valence-corrected chi connectivity index (χ0v) is 5.94. The highest BCUT2D eigenvalue weighted by atomic mass is 16.3. The molecule has 1 N–H and O–H groups in total. The van der Waals surface area contributed by atoms with Crippen molar-refractivity contribution in [1.82, 2.24) is 0 Å². The Labute approximate surface area is 56.4 Å². The first-order chi connectivity index (χ1) is 4.16. The van der Waals surface area contributed by atoms with Crippen molar-refractivity contribution in [2.45, 2.75) is 26.4 Å². The topological polar surface area (TPSA) is 20.2 Å². The number of hydrogen-bond donors (Lipinski definition) is 1. The second-order valence-corrected chi connectivity index (χ2v) is 2.07. The first kappa shape index (κ1) is 8.26. The van der Waals surface area contributed by atoms with E-state index in [9.17, 15) is 0 Å².